The van der Waals surface area contributed by atoms with Crippen LogP contribution in [0.25, 0.3) is 0 Å². The van der Waals surface area contributed by atoms with E-state index in [9.17, 15) is 15.0 Å². The maximum Gasteiger partial charge on any atom is 0.255 e. The van der Waals surface area contributed by atoms with Crippen molar-refractivity contribution in [3.63, 3.8) is 0 Å². The third-order valence-electron chi connectivity index (χ3n) is 2.62. The fourth-order valence-electron chi connectivity index (χ4n) is 1.69. The predicted octanol–water partition coefficient (Wildman–Crippen LogP) is 2.33. The maximum atomic E-state index is 11.8. The Morgan fingerprint density at radius 3 is 2.72 bits per heavy atom. The van der Waals surface area contributed by atoms with Gasteiger partial charge in [0.2, 0.25) is 0 Å². The van der Waals surface area contributed by atoms with Crippen LogP contribution in [-0.2, 0) is 0 Å². The average molecular weight is 272 g/mol. The first-order chi connectivity index (χ1) is 8.35. The number of hydrogen-bond donors (Lipinski definition) is 3. The Kier molecular flexibility index (Phi) is 4.99. The largest absolute Gasteiger partial charge is 0.507 e. The summed E-state index contributed by atoms with van der Waals surface area (Å²) in [5.74, 6) is -0.601. The summed E-state index contributed by atoms with van der Waals surface area (Å²) in [6.45, 7) is 3.77. The second-order valence-corrected chi connectivity index (χ2v) is 5.03. The molecule has 1 amide bonds. The normalized spacial score (nSPS) is 14.0. The standard InChI is InChI=1S/C13H18ClNO3/c1-3-6-13(2,18)8-15-12(17)10-5-4-9(14)7-11(10)16/h4-5,7,16,18H,3,6,8H2,1-2H3,(H,15,17). The van der Waals surface area contributed by atoms with Crippen molar-refractivity contribution in [3.8, 4) is 5.75 Å². The van der Waals surface area contributed by atoms with Crippen molar-refractivity contribution in [1.82, 2.24) is 5.32 Å². The number of rotatable bonds is 5. The van der Waals surface area contributed by atoms with Gasteiger partial charge in [-0.05, 0) is 31.5 Å². The zero-order valence-corrected chi connectivity index (χ0v) is 11.3. The fourth-order valence-corrected chi connectivity index (χ4v) is 1.86. The monoisotopic (exact) mass is 271 g/mol. The average Bonchev–Trinajstić information content (AvgIpc) is 2.26. The van der Waals surface area contributed by atoms with Crippen LogP contribution < -0.4 is 5.32 Å². The summed E-state index contributed by atoms with van der Waals surface area (Å²) in [7, 11) is 0. The van der Waals surface area contributed by atoms with E-state index in [2.05, 4.69) is 5.32 Å². The molecular formula is C13H18ClNO3. The molecule has 1 unspecified atom stereocenters. The molecule has 0 saturated carbocycles. The highest BCUT2D eigenvalue weighted by Gasteiger charge is 2.21. The lowest BCUT2D eigenvalue weighted by Crippen LogP contribution is -2.40. The topological polar surface area (TPSA) is 69.6 Å². The van der Waals surface area contributed by atoms with Crippen molar-refractivity contribution < 1.29 is 15.0 Å². The molecule has 0 saturated heterocycles. The Morgan fingerprint density at radius 2 is 2.17 bits per heavy atom. The van der Waals surface area contributed by atoms with Crippen LogP contribution >= 0.6 is 11.6 Å². The van der Waals surface area contributed by atoms with Gasteiger partial charge in [0.25, 0.3) is 5.91 Å². The van der Waals surface area contributed by atoms with E-state index in [4.69, 9.17) is 11.6 Å². The van der Waals surface area contributed by atoms with Gasteiger partial charge in [0.05, 0.1) is 11.2 Å². The van der Waals surface area contributed by atoms with Gasteiger partial charge in [-0.3, -0.25) is 4.79 Å². The summed E-state index contributed by atoms with van der Waals surface area (Å²) < 4.78 is 0. The van der Waals surface area contributed by atoms with E-state index in [1.807, 2.05) is 6.92 Å². The molecule has 0 bridgehead atoms. The van der Waals surface area contributed by atoms with Gasteiger partial charge < -0.3 is 15.5 Å². The number of phenolic OH excluding ortho intramolecular Hbond substituents is 1. The van der Waals surface area contributed by atoms with Crippen molar-refractivity contribution in [3.05, 3.63) is 28.8 Å². The first kappa shape index (κ1) is 14.8. The van der Waals surface area contributed by atoms with Gasteiger partial charge in [-0.2, -0.15) is 0 Å². The Hall–Kier alpha value is -1.26. The summed E-state index contributed by atoms with van der Waals surface area (Å²) >= 11 is 5.68. The van der Waals surface area contributed by atoms with Crippen LogP contribution in [0.4, 0.5) is 0 Å². The molecule has 0 aliphatic rings. The van der Waals surface area contributed by atoms with Gasteiger partial charge in [0.1, 0.15) is 5.75 Å². The molecule has 0 heterocycles. The van der Waals surface area contributed by atoms with E-state index >= 15 is 0 Å². The van der Waals surface area contributed by atoms with E-state index in [-0.39, 0.29) is 17.9 Å². The predicted molar refractivity (Wildman–Crippen MR) is 71.0 cm³/mol. The number of carbonyl (C=O) groups is 1. The highest BCUT2D eigenvalue weighted by molar-refractivity contribution is 6.30. The second-order valence-electron chi connectivity index (χ2n) is 4.59. The minimum absolute atomic E-state index is 0.141. The van der Waals surface area contributed by atoms with E-state index in [0.29, 0.717) is 11.4 Å². The first-order valence-electron chi connectivity index (χ1n) is 5.85. The smallest absolute Gasteiger partial charge is 0.255 e. The molecule has 0 spiro atoms. The van der Waals surface area contributed by atoms with E-state index in [1.165, 1.54) is 18.2 Å². The minimum atomic E-state index is -0.938. The molecule has 0 aromatic heterocycles. The molecule has 100 valence electrons. The number of aliphatic hydroxyl groups is 1. The highest BCUT2D eigenvalue weighted by Crippen LogP contribution is 2.21. The highest BCUT2D eigenvalue weighted by atomic mass is 35.5. The maximum absolute atomic E-state index is 11.8. The summed E-state index contributed by atoms with van der Waals surface area (Å²) in [4.78, 5) is 11.8. The molecule has 0 aliphatic carbocycles. The van der Waals surface area contributed by atoms with Crippen molar-refractivity contribution >= 4 is 17.5 Å². The number of halogens is 1. The van der Waals surface area contributed by atoms with Crippen LogP contribution in [-0.4, -0.2) is 28.3 Å². The van der Waals surface area contributed by atoms with Crippen molar-refractivity contribution in [2.45, 2.75) is 32.3 Å². The van der Waals surface area contributed by atoms with E-state index < -0.39 is 11.5 Å². The Bertz CT molecular complexity index is 432. The van der Waals surface area contributed by atoms with Crippen LogP contribution in [0.1, 0.15) is 37.0 Å². The summed E-state index contributed by atoms with van der Waals surface area (Å²) in [6.07, 6.45) is 1.43. The Labute approximate surface area is 112 Å². The lowest BCUT2D eigenvalue weighted by Gasteiger charge is -2.23. The number of carbonyl (C=O) groups excluding carboxylic acids is 1. The quantitative estimate of drug-likeness (QED) is 0.770. The van der Waals surface area contributed by atoms with Gasteiger partial charge in [-0.15, -0.1) is 0 Å². The van der Waals surface area contributed by atoms with Gasteiger partial charge >= 0.3 is 0 Å². The number of nitrogens with one attached hydrogen (secondary N) is 1. The summed E-state index contributed by atoms with van der Waals surface area (Å²) in [6, 6.07) is 4.28. The molecule has 0 fully saturated rings. The van der Waals surface area contributed by atoms with Crippen LogP contribution in [0.2, 0.25) is 5.02 Å². The Morgan fingerprint density at radius 1 is 1.50 bits per heavy atom. The SMILES string of the molecule is CCCC(C)(O)CNC(=O)c1ccc(Cl)cc1O. The fraction of sp³-hybridized carbons (Fsp3) is 0.462. The number of aromatic hydroxyl groups is 1. The molecule has 1 rings (SSSR count). The number of phenols is 1. The summed E-state index contributed by atoms with van der Waals surface area (Å²) in [5, 5.41) is 22.5. The van der Waals surface area contributed by atoms with E-state index in [0.717, 1.165) is 6.42 Å². The molecule has 1 atom stereocenters. The molecule has 18 heavy (non-hydrogen) atoms. The lowest BCUT2D eigenvalue weighted by molar-refractivity contribution is 0.0469. The molecular weight excluding hydrogens is 254 g/mol. The Balaban J connectivity index is 2.66. The molecule has 0 aliphatic heterocycles. The van der Waals surface area contributed by atoms with Crippen LogP contribution in [0.15, 0.2) is 18.2 Å². The molecule has 0 radical (unpaired) electrons. The van der Waals surface area contributed by atoms with Crippen molar-refractivity contribution in [2.75, 3.05) is 6.54 Å². The lowest BCUT2D eigenvalue weighted by atomic mass is 10.0. The van der Waals surface area contributed by atoms with Gasteiger partial charge in [0, 0.05) is 11.6 Å². The van der Waals surface area contributed by atoms with Crippen molar-refractivity contribution in [1.29, 1.82) is 0 Å². The molecule has 5 heteroatoms. The first-order valence-corrected chi connectivity index (χ1v) is 6.22. The number of hydrogen-bond acceptors (Lipinski definition) is 3. The van der Waals surface area contributed by atoms with E-state index in [1.54, 1.807) is 6.92 Å². The molecule has 4 nitrogen and oxygen atoms in total. The summed E-state index contributed by atoms with van der Waals surface area (Å²) in [5.41, 5.74) is -0.793. The number of amides is 1. The molecule has 3 N–H and O–H groups in total. The second kappa shape index (κ2) is 6.07. The van der Waals surface area contributed by atoms with Crippen LogP contribution in [0.5, 0.6) is 5.75 Å². The third-order valence-corrected chi connectivity index (χ3v) is 2.86. The molecule has 1 aromatic carbocycles. The van der Waals surface area contributed by atoms with Gasteiger partial charge in [-0.1, -0.05) is 24.9 Å². The van der Waals surface area contributed by atoms with Gasteiger partial charge in [0.15, 0.2) is 0 Å². The third kappa shape index (κ3) is 4.20. The number of benzene rings is 1. The van der Waals surface area contributed by atoms with Crippen LogP contribution in [0.3, 0.4) is 0 Å². The van der Waals surface area contributed by atoms with Crippen LogP contribution in [0, 0.1) is 0 Å². The molecule has 1 aromatic rings. The van der Waals surface area contributed by atoms with Crippen molar-refractivity contribution in [2.24, 2.45) is 0 Å². The zero-order valence-electron chi connectivity index (χ0n) is 10.5. The van der Waals surface area contributed by atoms with Gasteiger partial charge in [-0.25, -0.2) is 0 Å². The minimum Gasteiger partial charge on any atom is -0.507 e. The zero-order chi connectivity index (χ0) is 13.8.